The summed E-state index contributed by atoms with van der Waals surface area (Å²) in [4.78, 5) is 14.8. The van der Waals surface area contributed by atoms with Gasteiger partial charge in [-0.15, -0.1) is 0 Å². The molecule has 4 rings (SSSR count). The maximum Gasteiger partial charge on any atom is 0.276 e. The topological polar surface area (TPSA) is 93.0 Å². The molecule has 0 bridgehead atoms. The molecule has 2 aliphatic rings. The summed E-state index contributed by atoms with van der Waals surface area (Å²) in [5.74, 6) is 1.13. The van der Waals surface area contributed by atoms with Crippen molar-refractivity contribution in [1.82, 2.24) is 14.4 Å². The van der Waals surface area contributed by atoms with Crippen molar-refractivity contribution in [3.05, 3.63) is 41.8 Å². The highest BCUT2D eigenvalue weighted by atomic mass is 32.2. The molecule has 3 heterocycles. The second-order valence-corrected chi connectivity index (χ2v) is 10.5. The summed E-state index contributed by atoms with van der Waals surface area (Å²) in [6.07, 6.45) is 1.46. The molecule has 0 saturated carbocycles. The van der Waals surface area contributed by atoms with Gasteiger partial charge in [0.05, 0.1) is 6.04 Å². The van der Waals surface area contributed by atoms with Crippen LogP contribution >= 0.6 is 0 Å². The van der Waals surface area contributed by atoms with Gasteiger partial charge in [0.1, 0.15) is 22.5 Å². The number of rotatable bonds is 4. The minimum Gasteiger partial charge on any atom is -0.487 e. The number of fused-ring (bicyclic) bond motifs is 2. The van der Waals surface area contributed by atoms with Gasteiger partial charge < -0.3 is 14.2 Å². The summed E-state index contributed by atoms with van der Waals surface area (Å²) in [6.45, 7) is 7.23. The molecule has 1 aromatic carbocycles. The molecule has 1 amide bonds. The monoisotopic (exact) mass is 447 g/mol. The van der Waals surface area contributed by atoms with Gasteiger partial charge in [0.2, 0.25) is 10.0 Å². The molecule has 168 valence electrons. The Hall–Kier alpha value is -2.39. The number of aryl methyl sites for hydroxylation is 1. The van der Waals surface area contributed by atoms with Crippen molar-refractivity contribution in [2.45, 2.75) is 57.1 Å². The summed E-state index contributed by atoms with van der Waals surface area (Å²) in [5.41, 5.74) is 0.273. The van der Waals surface area contributed by atoms with E-state index in [2.05, 4.69) is 19.0 Å². The first kappa shape index (κ1) is 21.8. The van der Waals surface area contributed by atoms with Gasteiger partial charge in [-0.25, -0.2) is 8.42 Å². The fourth-order valence-corrected chi connectivity index (χ4v) is 6.08. The van der Waals surface area contributed by atoms with E-state index in [1.807, 2.05) is 0 Å². The van der Waals surface area contributed by atoms with E-state index < -0.39 is 10.0 Å². The smallest absolute Gasteiger partial charge is 0.276 e. The normalized spacial score (nSPS) is 23.4. The highest BCUT2D eigenvalue weighted by molar-refractivity contribution is 7.89. The van der Waals surface area contributed by atoms with Crippen LogP contribution in [0.4, 0.5) is 0 Å². The van der Waals surface area contributed by atoms with Crippen molar-refractivity contribution in [1.29, 1.82) is 0 Å². The quantitative estimate of drug-likeness (QED) is 0.715. The SMILES string of the molecule is Cc1cc(C(=O)N2CC[C@@H]3[C@@H](CC2)Oc2ccccc2S(=O)(=O)N3CCC(C)C)no1. The van der Waals surface area contributed by atoms with E-state index in [4.69, 9.17) is 9.26 Å². The van der Waals surface area contributed by atoms with Gasteiger partial charge >= 0.3 is 0 Å². The second-order valence-electron chi connectivity index (χ2n) is 8.66. The predicted octanol–water partition coefficient (Wildman–Crippen LogP) is 3.09. The summed E-state index contributed by atoms with van der Waals surface area (Å²) in [7, 11) is -3.71. The Morgan fingerprint density at radius 1 is 1.23 bits per heavy atom. The summed E-state index contributed by atoms with van der Waals surface area (Å²) < 4.78 is 40.1. The molecule has 9 heteroatoms. The van der Waals surface area contributed by atoms with Gasteiger partial charge in [0.25, 0.3) is 5.91 Å². The summed E-state index contributed by atoms with van der Waals surface area (Å²) in [6, 6.07) is 8.11. The first-order valence-electron chi connectivity index (χ1n) is 10.8. The molecule has 2 aromatic rings. The second kappa shape index (κ2) is 8.63. The number of para-hydroxylation sites is 1. The molecule has 1 saturated heterocycles. The molecule has 1 fully saturated rings. The first-order valence-corrected chi connectivity index (χ1v) is 12.2. The van der Waals surface area contributed by atoms with Gasteiger partial charge in [-0.3, -0.25) is 4.79 Å². The molecule has 1 aromatic heterocycles. The molecule has 0 N–H and O–H groups in total. The van der Waals surface area contributed by atoms with Crippen molar-refractivity contribution in [2.75, 3.05) is 19.6 Å². The van der Waals surface area contributed by atoms with Crippen LogP contribution in [0.2, 0.25) is 0 Å². The molecular formula is C22H29N3O5S. The Bertz CT molecular complexity index is 1050. The number of benzene rings is 1. The minimum absolute atomic E-state index is 0.203. The number of amides is 1. The maximum atomic E-state index is 13.6. The molecule has 0 radical (unpaired) electrons. The van der Waals surface area contributed by atoms with Gasteiger partial charge in [-0.2, -0.15) is 4.31 Å². The lowest BCUT2D eigenvalue weighted by Crippen LogP contribution is -2.47. The molecule has 2 atom stereocenters. The number of hydrogen-bond donors (Lipinski definition) is 0. The number of sulfonamides is 1. The van der Waals surface area contributed by atoms with E-state index in [0.29, 0.717) is 49.9 Å². The molecule has 8 nitrogen and oxygen atoms in total. The fraction of sp³-hybridized carbons (Fsp3) is 0.545. The van der Waals surface area contributed by atoms with E-state index in [9.17, 15) is 13.2 Å². The molecule has 31 heavy (non-hydrogen) atoms. The third-order valence-corrected chi connectivity index (χ3v) is 7.92. The Morgan fingerprint density at radius 2 is 1.97 bits per heavy atom. The number of carbonyl (C=O) groups excluding carboxylic acids is 1. The van der Waals surface area contributed by atoms with Crippen LogP contribution in [-0.2, 0) is 10.0 Å². The third kappa shape index (κ3) is 4.34. The summed E-state index contributed by atoms with van der Waals surface area (Å²) in [5, 5.41) is 3.84. The summed E-state index contributed by atoms with van der Waals surface area (Å²) >= 11 is 0. The Kier molecular flexibility index (Phi) is 6.07. The zero-order valence-electron chi connectivity index (χ0n) is 18.2. The Balaban J connectivity index is 1.65. The lowest BCUT2D eigenvalue weighted by Gasteiger charge is -2.32. The predicted molar refractivity (Wildman–Crippen MR) is 114 cm³/mol. The number of nitrogens with zero attached hydrogens (tertiary/aromatic N) is 3. The average Bonchev–Trinajstić information content (AvgIpc) is 3.02. The van der Waals surface area contributed by atoms with Gasteiger partial charge in [-0.1, -0.05) is 31.1 Å². The van der Waals surface area contributed by atoms with Crippen molar-refractivity contribution in [3.63, 3.8) is 0 Å². The first-order chi connectivity index (χ1) is 14.8. The number of likely N-dealkylation sites (tertiary alicyclic amines) is 1. The molecule has 0 aliphatic carbocycles. The van der Waals surface area contributed by atoms with Crippen molar-refractivity contribution in [2.24, 2.45) is 5.92 Å². The van der Waals surface area contributed by atoms with E-state index in [1.54, 1.807) is 46.5 Å². The molecular weight excluding hydrogens is 418 g/mol. The minimum atomic E-state index is -3.71. The van der Waals surface area contributed by atoms with E-state index in [-0.39, 0.29) is 28.6 Å². The van der Waals surface area contributed by atoms with Crippen LogP contribution in [0.1, 0.15) is 49.4 Å². The largest absolute Gasteiger partial charge is 0.487 e. The third-order valence-electron chi connectivity index (χ3n) is 5.95. The number of aromatic nitrogens is 1. The van der Waals surface area contributed by atoms with E-state index in [1.165, 1.54) is 0 Å². The lowest BCUT2D eigenvalue weighted by molar-refractivity contribution is 0.0744. The van der Waals surface area contributed by atoms with Crippen LogP contribution in [0.3, 0.4) is 0 Å². The van der Waals surface area contributed by atoms with Crippen LogP contribution in [0.15, 0.2) is 39.8 Å². The molecule has 0 unspecified atom stereocenters. The van der Waals surface area contributed by atoms with Crippen LogP contribution in [-0.4, -0.2) is 60.5 Å². The number of ether oxygens (including phenoxy) is 1. The lowest BCUT2D eigenvalue weighted by atomic mass is 10.0. The Morgan fingerprint density at radius 3 is 2.68 bits per heavy atom. The number of carbonyl (C=O) groups is 1. The Labute approximate surface area is 183 Å². The average molecular weight is 448 g/mol. The van der Waals surface area contributed by atoms with E-state index >= 15 is 0 Å². The maximum absolute atomic E-state index is 13.6. The fourth-order valence-electron chi connectivity index (χ4n) is 4.26. The zero-order valence-corrected chi connectivity index (χ0v) is 19.0. The zero-order chi connectivity index (χ0) is 22.2. The number of hydrogen-bond acceptors (Lipinski definition) is 6. The molecule has 2 aliphatic heterocycles. The highest BCUT2D eigenvalue weighted by Gasteiger charge is 2.43. The van der Waals surface area contributed by atoms with Crippen molar-refractivity contribution >= 4 is 15.9 Å². The molecule has 0 spiro atoms. The van der Waals surface area contributed by atoms with Gasteiger partial charge in [-0.05, 0) is 37.8 Å². The van der Waals surface area contributed by atoms with Crippen LogP contribution in [0, 0.1) is 12.8 Å². The van der Waals surface area contributed by atoms with Crippen LogP contribution < -0.4 is 4.74 Å². The van der Waals surface area contributed by atoms with Crippen molar-refractivity contribution in [3.8, 4) is 5.75 Å². The van der Waals surface area contributed by atoms with Gasteiger partial charge in [0, 0.05) is 32.1 Å². The van der Waals surface area contributed by atoms with Gasteiger partial charge in [0.15, 0.2) is 5.69 Å². The highest BCUT2D eigenvalue weighted by Crippen LogP contribution is 2.36. The standard InChI is InChI=1S/C22H29N3O5S/c1-15(2)8-13-25-18-9-11-24(22(26)17-14-16(3)30-23-17)12-10-19(18)29-20-6-4-5-7-21(20)31(25,27)28/h4-7,14-15,18-19H,8-13H2,1-3H3/t18-,19-/m1/s1. The van der Waals surface area contributed by atoms with Crippen LogP contribution in [0.5, 0.6) is 5.75 Å². The van der Waals surface area contributed by atoms with Crippen molar-refractivity contribution < 1.29 is 22.5 Å². The van der Waals surface area contributed by atoms with E-state index in [0.717, 1.165) is 6.42 Å². The van der Waals surface area contributed by atoms with Crippen LogP contribution in [0.25, 0.3) is 0 Å².